The highest BCUT2D eigenvalue weighted by Crippen LogP contribution is 2.36. The summed E-state index contributed by atoms with van der Waals surface area (Å²) in [4.78, 5) is 33.9. The third-order valence-electron chi connectivity index (χ3n) is 3.75. The number of fused-ring (bicyclic) bond motifs is 1. The molecule has 1 atom stereocenters. The second-order valence-electron chi connectivity index (χ2n) is 5.32. The van der Waals surface area contributed by atoms with Gasteiger partial charge in [-0.2, -0.15) is 0 Å². The van der Waals surface area contributed by atoms with Gasteiger partial charge in [0.05, 0.1) is 11.1 Å². The maximum atomic E-state index is 12.3. The van der Waals surface area contributed by atoms with Crippen LogP contribution in [0.15, 0.2) is 66.7 Å². The number of hydrogen-bond donors (Lipinski definition) is 1. The normalized spacial score (nSPS) is 11.8. The van der Waals surface area contributed by atoms with Crippen LogP contribution in [0.4, 0.5) is 0 Å². The van der Waals surface area contributed by atoms with Gasteiger partial charge in [-0.15, -0.1) is 0 Å². The van der Waals surface area contributed by atoms with E-state index in [4.69, 9.17) is 9.05 Å². The highest BCUT2D eigenvalue weighted by atomic mass is 31.2. The van der Waals surface area contributed by atoms with Crippen molar-refractivity contribution in [2.24, 2.45) is 0 Å². The average Bonchev–Trinajstić information content (AvgIpc) is 2.62. The first-order valence-corrected chi connectivity index (χ1v) is 8.66. The fourth-order valence-electron chi connectivity index (χ4n) is 2.48. The van der Waals surface area contributed by atoms with Gasteiger partial charge in [-0.05, 0) is 41.5 Å². The van der Waals surface area contributed by atoms with E-state index in [0.717, 1.165) is 16.3 Å². The van der Waals surface area contributed by atoms with Gasteiger partial charge in [0.2, 0.25) is 0 Å². The van der Waals surface area contributed by atoms with Crippen molar-refractivity contribution in [1.82, 2.24) is 0 Å². The molecule has 25 heavy (non-hydrogen) atoms. The van der Waals surface area contributed by atoms with Gasteiger partial charge < -0.3 is 13.9 Å². The smallest absolute Gasteiger partial charge is 0.381 e. The first kappa shape index (κ1) is 17.1. The molecular formula is C19H15O5P. The second kappa shape index (κ2) is 7.43. The molecular weight excluding hydrogens is 339 g/mol. The molecule has 3 aromatic rings. The Morgan fingerprint density at radius 1 is 0.840 bits per heavy atom. The molecule has 0 heterocycles. The zero-order valence-corrected chi connectivity index (χ0v) is 14.3. The predicted octanol–water partition coefficient (Wildman–Crippen LogP) is 4.38. The van der Waals surface area contributed by atoms with Gasteiger partial charge >= 0.3 is 20.5 Å². The number of benzene rings is 3. The average molecular weight is 354 g/mol. The van der Waals surface area contributed by atoms with Crippen LogP contribution in [0.3, 0.4) is 0 Å². The SMILES string of the molecule is Cc1c(C(=O)OP(O)OC(=O)c2ccccc2)ccc2ccccc12. The molecule has 0 saturated carbocycles. The van der Waals surface area contributed by atoms with Crippen molar-refractivity contribution in [3.05, 3.63) is 83.4 Å². The first-order valence-electron chi connectivity index (χ1n) is 7.53. The van der Waals surface area contributed by atoms with E-state index in [2.05, 4.69) is 0 Å². The molecule has 0 aliphatic rings. The Hall–Kier alpha value is -2.75. The quantitative estimate of drug-likeness (QED) is 0.704. The summed E-state index contributed by atoms with van der Waals surface area (Å²) in [6, 6.07) is 19.2. The van der Waals surface area contributed by atoms with Crippen molar-refractivity contribution in [2.75, 3.05) is 0 Å². The van der Waals surface area contributed by atoms with Crippen LogP contribution < -0.4 is 0 Å². The summed E-state index contributed by atoms with van der Waals surface area (Å²) >= 11 is 0. The van der Waals surface area contributed by atoms with E-state index in [1.54, 1.807) is 49.4 Å². The molecule has 3 rings (SSSR count). The lowest BCUT2D eigenvalue weighted by molar-refractivity contribution is 0.0626. The molecule has 0 fully saturated rings. The standard InChI is InChI=1S/C19H15O5P/c1-13-16-10-6-5-7-14(16)11-12-17(13)19(21)24-25(22)23-18(20)15-8-3-2-4-9-15/h2-12,22H,1H3. The molecule has 1 unspecified atom stereocenters. The van der Waals surface area contributed by atoms with E-state index >= 15 is 0 Å². The summed E-state index contributed by atoms with van der Waals surface area (Å²) in [5.41, 5.74) is 1.32. The van der Waals surface area contributed by atoms with Crippen LogP contribution in [0.1, 0.15) is 26.3 Å². The molecule has 1 N–H and O–H groups in total. The minimum atomic E-state index is -2.66. The van der Waals surface area contributed by atoms with Crippen LogP contribution in [0.5, 0.6) is 0 Å². The third-order valence-corrected chi connectivity index (χ3v) is 4.39. The molecule has 0 radical (unpaired) electrons. The summed E-state index contributed by atoms with van der Waals surface area (Å²) in [6.45, 7) is 1.80. The van der Waals surface area contributed by atoms with Gasteiger partial charge in [0.1, 0.15) is 0 Å². The molecule has 0 aliphatic heterocycles. The molecule has 0 amide bonds. The second-order valence-corrected chi connectivity index (χ2v) is 6.16. The van der Waals surface area contributed by atoms with Crippen molar-refractivity contribution >= 4 is 31.3 Å². The minimum absolute atomic E-state index is 0.266. The highest BCUT2D eigenvalue weighted by Gasteiger charge is 2.22. The summed E-state index contributed by atoms with van der Waals surface area (Å²) in [6.07, 6.45) is 0. The van der Waals surface area contributed by atoms with Crippen LogP contribution >= 0.6 is 8.60 Å². The van der Waals surface area contributed by atoms with E-state index in [1.165, 1.54) is 0 Å². The zero-order valence-electron chi connectivity index (χ0n) is 13.4. The van der Waals surface area contributed by atoms with Gasteiger partial charge in [-0.1, -0.05) is 48.5 Å². The van der Waals surface area contributed by atoms with Crippen LogP contribution in [-0.2, 0) is 9.05 Å². The molecule has 0 aromatic heterocycles. The first-order chi connectivity index (χ1) is 12.1. The molecule has 3 aromatic carbocycles. The number of hydrogen-bond acceptors (Lipinski definition) is 5. The summed E-state index contributed by atoms with van der Waals surface area (Å²) < 4.78 is 9.69. The Kier molecular flexibility index (Phi) is 5.08. The monoisotopic (exact) mass is 354 g/mol. The van der Waals surface area contributed by atoms with E-state index < -0.39 is 20.5 Å². The van der Waals surface area contributed by atoms with Crippen molar-refractivity contribution in [2.45, 2.75) is 6.92 Å². The lowest BCUT2D eigenvalue weighted by Crippen LogP contribution is -2.08. The van der Waals surface area contributed by atoms with Gasteiger partial charge in [0.15, 0.2) is 0 Å². The van der Waals surface area contributed by atoms with E-state index in [-0.39, 0.29) is 5.56 Å². The van der Waals surface area contributed by atoms with Gasteiger partial charge in [0, 0.05) is 0 Å². The van der Waals surface area contributed by atoms with Crippen molar-refractivity contribution in [3.8, 4) is 0 Å². The summed E-state index contributed by atoms with van der Waals surface area (Å²) in [5, 5.41) is 1.92. The fourth-order valence-corrected chi connectivity index (χ4v) is 3.01. The lowest BCUT2D eigenvalue weighted by Gasteiger charge is -2.12. The maximum Gasteiger partial charge on any atom is 0.465 e. The molecule has 0 bridgehead atoms. The van der Waals surface area contributed by atoms with Crippen LogP contribution in [0, 0.1) is 6.92 Å². The molecule has 0 saturated heterocycles. The maximum absolute atomic E-state index is 12.3. The third kappa shape index (κ3) is 3.85. The Bertz CT molecular complexity index is 924. The van der Waals surface area contributed by atoms with Crippen LogP contribution in [0.25, 0.3) is 10.8 Å². The molecule has 5 nitrogen and oxygen atoms in total. The van der Waals surface area contributed by atoms with E-state index in [0.29, 0.717) is 5.56 Å². The molecule has 6 heteroatoms. The van der Waals surface area contributed by atoms with Gasteiger partial charge in [0.25, 0.3) is 0 Å². The lowest BCUT2D eigenvalue weighted by atomic mass is 10.0. The number of carbonyl (C=O) groups is 2. The topological polar surface area (TPSA) is 72.8 Å². The fraction of sp³-hybridized carbons (Fsp3) is 0.0526. The predicted molar refractivity (Wildman–Crippen MR) is 95.1 cm³/mol. The zero-order chi connectivity index (χ0) is 17.8. The Labute approximate surface area is 145 Å². The highest BCUT2D eigenvalue weighted by molar-refractivity contribution is 7.41. The van der Waals surface area contributed by atoms with E-state index in [9.17, 15) is 14.5 Å². The van der Waals surface area contributed by atoms with Crippen LogP contribution in [0.2, 0.25) is 0 Å². The Morgan fingerprint density at radius 3 is 2.24 bits per heavy atom. The number of aryl methyl sites for hydroxylation is 1. The largest absolute Gasteiger partial charge is 0.465 e. The number of carbonyl (C=O) groups excluding carboxylic acids is 2. The van der Waals surface area contributed by atoms with Crippen molar-refractivity contribution in [3.63, 3.8) is 0 Å². The summed E-state index contributed by atoms with van der Waals surface area (Å²) in [5.74, 6) is -1.49. The molecule has 0 aliphatic carbocycles. The van der Waals surface area contributed by atoms with Gasteiger partial charge in [-0.25, -0.2) is 9.59 Å². The minimum Gasteiger partial charge on any atom is -0.381 e. The van der Waals surface area contributed by atoms with Crippen molar-refractivity contribution < 1.29 is 23.5 Å². The Balaban J connectivity index is 1.72. The number of rotatable bonds is 4. The van der Waals surface area contributed by atoms with E-state index in [1.807, 2.05) is 24.3 Å². The van der Waals surface area contributed by atoms with Crippen LogP contribution in [-0.4, -0.2) is 16.8 Å². The van der Waals surface area contributed by atoms with Gasteiger partial charge in [-0.3, -0.25) is 0 Å². The molecule has 126 valence electrons. The Morgan fingerprint density at radius 2 is 1.48 bits per heavy atom. The summed E-state index contributed by atoms with van der Waals surface area (Å²) in [7, 11) is -2.66. The van der Waals surface area contributed by atoms with Crippen molar-refractivity contribution in [1.29, 1.82) is 0 Å². The molecule has 0 spiro atoms.